The first-order valence-corrected chi connectivity index (χ1v) is 3.94. The average Bonchev–Trinajstić information content (AvgIpc) is 2.31. The standard InChI is InChI=1S/C8H15N3/c1-4-6(2)7-5-8(9)11(3)10-7/h5-6H,4,9H2,1-3H3/t6-/m1/s1. The minimum absolute atomic E-state index is 0.512. The summed E-state index contributed by atoms with van der Waals surface area (Å²) in [6.45, 7) is 4.30. The van der Waals surface area contributed by atoms with Crippen molar-refractivity contribution in [3.8, 4) is 0 Å². The number of hydrogen-bond donors (Lipinski definition) is 1. The van der Waals surface area contributed by atoms with E-state index in [0.29, 0.717) is 5.92 Å². The van der Waals surface area contributed by atoms with E-state index in [1.165, 1.54) is 0 Å². The van der Waals surface area contributed by atoms with Crippen LogP contribution in [0.2, 0.25) is 0 Å². The molecule has 0 aromatic carbocycles. The van der Waals surface area contributed by atoms with Crippen molar-refractivity contribution < 1.29 is 0 Å². The van der Waals surface area contributed by atoms with Crippen molar-refractivity contribution in [2.75, 3.05) is 5.73 Å². The zero-order valence-electron chi connectivity index (χ0n) is 7.33. The van der Waals surface area contributed by atoms with Crippen molar-refractivity contribution in [2.45, 2.75) is 26.2 Å². The fourth-order valence-electron chi connectivity index (χ4n) is 0.955. The van der Waals surface area contributed by atoms with Crippen molar-refractivity contribution in [3.63, 3.8) is 0 Å². The van der Waals surface area contributed by atoms with Gasteiger partial charge in [-0.25, -0.2) is 0 Å². The van der Waals surface area contributed by atoms with Crippen LogP contribution >= 0.6 is 0 Å². The van der Waals surface area contributed by atoms with E-state index in [1.54, 1.807) is 4.68 Å². The second-order valence-electron chi connectivity index (χ2n) is 2.93. The zero-order chi connectivity index (χ0) is 8.43. The highest BCUT2D eigenvalue weighted by molar-refractivity contribution is 5.31. The molecule has 0 aliphatic rings. The minimum Gasteiger partial charge on any atom is -0.384 e. The van der Waals surface area contributed by atoms with Crippen molar-refractivity contribution in [2.24, 2.45) is 7.05 Å². The third-order valence-corrected chi connectivity index (χ3v) is 2.05. The molecular formula is C8H15N3. The van der Waals surface area contributed by atoms with Crippen LogP contribution in [0.25, 0.3) is 0 Å². The molecule has 0 saturated heterocycles. The van der Waals surface area contributed by atoms with Gasteiger partial charge in [0.2, 0.25) is 0 Å². The molecule has 0 aliphatic carbocycles. The Morgan fingerprint density at radius 2 is 2.36 bits per heavy atom. The van der Waals surface area contributed by atoms with Crippen LogP contribution in [-0.2, 0) is 7.05 Å². The summed E-state index contributed by atoms with van der Waals surface area (Å²) in [5.74, 6) is 1.25. The van der Waals surface area contributed by atoms with Crippen LogP contribution in [0.4, 0.5) is 5.82 Å². The number of nitrogens with two attached hydrogens (primary N) is 1. The second kappa shape index (κ2) is 2.95. The van der Waals surface area contributed by atoms with Gasteiger partial charge in [0.1, 0.15) is 5.82 Å². The van der Waals surface area contributed by atoms with Crippen LogP contribution in [0.1, 0.15) is 31.9 Å². The zero-order valence-corrected chi connectivity index (χ0v) is 7.33. The average molecular weight is 153 g/mol. The Bertz CT molecular complexity index is 220. The number of hydrogen-bond acceptors (Lipinski definition) is 2. The van der Waals surface area contributed by atoms with Crippen LogP contribution in [0.5, 0.6) is 0 Å². The van der Waals surface area contributed by atoms with Gasteiger partial charge in [0.25, 0.3) is 0 Å². The topological polar surface area (TPSA) is 43.8 Å². The summed E-state index contributed by atoms with van der Waals surface area (Å²) in [5, 5.41) is 4.27. The van der Waals surface area contributed by atoms with E-state index >= 15 is 0 Å². The highest BCUT2D eigenvalue weighted by Crippen LogP contribution is 2.18. The Morgan fingerprint density at radius 1 is 1.73 bits per heavy atom. The number of rotatable bonds is 2. The molecule has 0 aliphatic heterocycles. The summed E-state index contributed by atoms with van der Waals surface area (Å²) in [7, 11) is 1.86. The number of nitrogens with zero attached hydrogens (tertiary/aromatic N) is 2. The first-order valence-electron chi connectivity index (χ1n) is 3.94. The maximum Gasteiger partial charge on any atom is 0.121 e. The van der Waals surface area contributed by atoms with Gasteiger partial charge in [-0.2, -0.15) is 5.10 Å². The molecule has 3 heteroatoms. The van der Waals surface area contributed by atoms with E-state index in [2.05, 4.69) is 18.9 Å². The Hall–Kier alpha value is -0.990. The number of nitrogen functional groups attached to an aromatic ring is 1. The molecular weight excluding hydrogens is 138 g/mol. The van der Waals surface area contributed by atoms with Gasteiger partial charge in [-0.05, 0) is 6.42 Å². The number of aromatic nitrogens is 2. The second-order valence-corrected chi connectivity index (χ2v) is 2.93. The molecule has 1 atom stereocenters. The first kappa shape index (κ1) is 8.11. The number of aryl methyl sites for hydroxylation is 1. The molecule has 62 valence electrons. The van der Waals surface area contributed by atoms with E-state index in [-0.39, 0.29) is 0 Å². The molecule has 0 saturated carbocycles. The third kappa shape index (κ3) is 1.53. The predicted molar refractivity (Wildman–Crippen MR) is 46.3 cm³/mol. The summed E-state index contributed by atoms with van der Waals surface area (Å²) in [6.07, 6.45) is 1.11. The maximum absolute atomic E-state index is 5.63. The molecule has 11 heavy (non-hydrogen) atoms. The Balaban J connectivity index is 2.88. The normalized spacial score (nSPS) is 13.4. The summed E-state index contributed by atoms with van der Waals surface area (Å²) < 4.78 is 1.71. The Labute approximate surface area is 67.2 Å². The molecule has 0 spiro atoms. The van der Waals surface area contributed by atoms with Gasteiger partial charge in [0, 0.05) is 19.0 Å². The molecule has 2 N–H and O–H groups in total. The largest absolute Gasteiger partial charge is 0.384 e. The van der Waals surface area contributed by atoms with Crippen molar-refractivity contribution in [1.29, 1.82) is 0 Å². The monoisotopic (exact) mass is 153 g/mol. The van der Waals surface area contributed by atoms with Gasteiger partial charge < -0.3 is 5.73 Å². The molecule has 1 aromatic rings. The summed E-state index contributed by atoms with van der Waals surface area (Å²) in [6, 6.07) is 1.94. The fraction of sp³-hybridized carbons (Fsp3) is 0.625. The fourth-order valence-corrected chi connectivity index (χ4v) is 0.955. The lowest BCUT2D eigenvalue weighted by atomic mass is 10.1. The van der Waals surface area contributed by atoms with Gasteiger partial charge in [0.15, 0.2) is 0 Å². The van der Waals surface area contributed by atoms with Crippen LogP contribution in [0.3, 0.4) is 0 Å². The van der Waals surface area contributed by atoms with Crippen LogP contribution in [0, 0.1) is 0 Å². The van der Waals surface area contributed by atoms with Gasteiger partial charge >= 0.3 is 0 Å². The molecule has 0 amide bonds. The first-order chi connectivity index (χ1) is 5.15. The highest BCUT2D eigenvalue weighted by Gasteiger charge is 2.07. The predicted octanol–water partition coefficient (Wildman–Crippen LogP) is 1.52. The summed E-state index contributed by atoms with van der Waals surface area (Å²) >= 11 is 0. The van der Waals surface area contributed by atoms with Gasteiger partial charge in [0.05, 0.1) is 5.69 Å². The molecule has 0 fully saturated rings. The van der Waals surface area contributed by atoms with Gasteiger partial charge in [-0.1, -0.05) is 13.8 Å². The number of anilines is 1. The maximum atomic E-state index is 5.63. The van der Waals surface area contributed by atoms with Crippen LogP contribution in [0.15, 0.2) is 6.07 Å². The van der Waals surface area contributed by atoms with E-state index in [0.717, 1.165) is 17.9 Å². The van der Waals surface area contributed by atoms with Crippen molar-refractivity contribution in [3.05, 3.63) is 11.8 Å². The van der Waals surface area contributed by atoms with Crippen LogP contribution < -0.4 is 5.73 Å². The lowest BCUT2D eigenvalue weighted by Crippen LogP contribution is -1.98. The molecule has 3 nitrogen and oxygen atoms in total. The van der Waals surface area contributed by atoms with E-state index in [9.17, 15) is 0 Å². The lowest BCUT2D eigenvalue weighted by molar-refractivity contribution is 0.668. The van der Waals surface area contributed by atoms with E-state index in [4.69, 9.17) is 5.73 Å². The molecule has 0 radical (unpaired) electrons. The van der Waals surface area contributed by atoms with Crippen molar-refractivity contribution in [1.82, 2.24) is 9.78 Å². The minimum atomic E-state index is 0.512. The molecule has 1 heterocycles. The molecule has 1 aromatic heterocycles. The Kier molecular flexibility index (Phi) is 2.17. The van der Waals surface area contributed by atoms with Crippen molar-refractivity contribution >= 4 is 5.82 Å². The summed E-state index contributed by atoms with van der Waals surface area (Å²) in [4.78, 5) is 0. The van der Waals surface area contributed by atoms with E-state index in [1.807, 2.05) is 13.1 Å². The lowest BCUT2D eigenvalue weighted by Gasteiger charge is -2.01. The smallest absolute Gasteiger partial charge is 0.121 e. The van der Waals surface area contributed by atoms with Gasteiger partial charge in [-0.3, -0.25) is 4.68 Å². The quantitative estimate of drug-likeness (QED) is 0.700. The molecule has 1 rings (SSSR count). The van der Waals surface area contributed by atoms with E-state index < -0.39 is 0 Å². The summed E-state index contributed by atoms with van der Waals surface area (Å²) in [5.41, 5.74) is 6.72. The highest BCUT2D eigenvalue weighted by atomic mass is 15.3. The van der Waals surface area contributed by atoms with Crippen LogP contribution in [-0.4, -0.2) is 9.78 Å². The third-order valence-electron chi connectivity index (χ3n) is 2.05. The molecule has 0 bridgehead atoms. The molecule has 0 unspecified atom stereocenters. The Morgan fingerprint density at radius 3 is 2.73 bits per heavy atom. The SMILES string of the molecule is CC[C@@H](C)c1cc(N)n(C)n1. The van der Waals surface area contributed by atoms with Gasteiger partial charge in [-0.15, -0.1) is 0 Å².